The first-order valence-corrected chi connectivity index (χ1v) is 5.18. The van der Waals surface area contributed by atoms with Crippen molar-refractivity contribution in [1.29, 1.82) is 0 Å². The van der Waals surface area contributed by atoms with Crippen LogP contribution in [0.3, 0.4) is 0 Å². The van der Waals surface area contributed by atoms with Crippen LogP contribution >= 0.6 is 0 Å². The maximum atomic E-state index is 10.9. The molecule has 1 aromatic heterocycles. The Morgan fingerprint density at radius 2 is 1.94 bits per heavy atom. The van der Waals surface area contributed by atoms with Crippen LogP contribution in [0.2, 0.25) is 0 Å². The molecule has 0 aromatic carbocycles. The average molecular weight is 238 g/mol. The van der Waals surface area contributed by atoms with E-state index in [1.54, 1.807) is 6.07 Å². The van der Waals surface area contributed by atoms with Gasteiger partial charge in [-0.05, 0) is 6.07 Å². The van der Waals surface area contributed by atoms with E-state index in [9.17, 15) is 4.79 Å². The zero-order valence-corrected chi connectivity index (χ0v) is 10.6. The highest BCUT2D eigenvalue weighted by atomic mass is 16.3. The molecule has 1 amide bonds. The molecule has 0 aliphatic carbocycles. The summed E-state index contributed by atoms with van der Waals surface area (Å²) >= 11 is 0. The molecule has 0 unspecified atom stereocenters. The Labute approximate surface area is 101 Å². The third kappa shape index (κ3) is 3.51. The predicted molar refractivity (Wildman–Crippen MR) is 65.7 cm³/mol. The highest BCUT2D eigenvalue weighted by molar-refractivity contribution is 5.92. The van der Waals surface area contributed by atoms with Crippen LogP contribution in [0.15, 0.2) is 21.7 Å². The molecule has 0 fully saturated rings. The van der Waals surface area contributed by atoms with Gasteiger partial charge in [0.1, 0.15) is 18.6 Å². The Morgan fingerprint density at radius 3 is 2.35 bits per heavy atom. The van der Waals surface area contributed by atoms with Crippen molar-refractivity contribution in [1.82, 2.24) is 9.80 Å². The summed E-state index contributed by atoms with van der Waals surface area (Å²) in [6.45, 7) is 0.374. The van der Waals surface area contributed by atoms with Gasteiger partial charge in [-0.25, -0.2) is 4.99 Å². The van der Waals surface area contributed by atoms with Crippen molar-refractivity contribution < 1.29 is 9.21 Å². The number of aliphatic imine (C=N–C) groups is 1. The van der Waals surface area contributed by atoms with Crippen LogP contribution in [0.5, 0.6) is 0 Å². The van der Waals surface area contributed by atoms with Crippen molar-refractivity contribution >= 4 is 11.9 Å². The molecule has 0 saturated heterocycles. The minimum atomic E-state index is -0.496. The summed E-state index contributed by atoms with van der Waals surface area (Å²) in [6, 6.07) is 1.61. The van der Waals surface area contributed by atoms with Crippen molar-refractivity contribution in [3.05, 3.63) is 23.7 Å². The van der Waals surface area contributed by atoms with Crippen LogP contribution in [0.4, 0.5) is 0 Å². The first-order valence-electron chi connectivity index (χ1n) is 5.18. The second kappa shape index (κ2) is 5.38. The predicted octanol–water partition coefficient (Wildman–Crippen LogP) is 0.358. The van der Waals surface area contributed by atoms with Gasteiger partial charge in [-0.3, -0.25) is 4.79 Å². The fourth-order valence-corrected chi connectivity index (χ4v) is 1.42. The van der Waals surface area contributed by atoms with Crippen LogP contribution in [0.1, 0.15) is 16.1 Å². The van der Waals surface area contributed by atoms with E-state index in [1.165, 1.54) is 6.26 Å². The first kappa shape index (κ1) is 13.1. The fraction of sp³-hybridized carbons (Fsp3) is 0.455. The quantitative estimate of drug-likeness (QED) is 0.609. The number of nitrogens with zero attached hydrogens (tertiary/aromatic N) is 3. The first-order chi connectivity index (χ1) is 7.91. The number of rotatable bonds is 3. The summed E-state index contributed by atoms with van der Waals surface area (Å²) in [7, 11) is 7.65. The molecule has 6 nitrogen and oxygen atoms in total. The highest BCUT2D eigenvalue weighted by Crippen LogP contribution is 2.08. The van der Waals surface area contributed by atoms with Crippen molar-refractivity contribution in [2.24, 2.45) is 10.7 Å². The van der Waals surface area contributed by atoms with E-state index < -0.39 is 5.91 Å². The largest absolute Gasteiger partial charge is 0.467 e. The van der Waals surface area contributed by atoms with Crippen LogP contribution in [-0.2, 0) is 6.54 Å². The molecule has 1 aromatic rings. The van der Waals surface area contributed by atoms with E-state index in [1.807, 2.05) is 38.0 Å². The maximum Gasteiger partial charge on any atom is 0.251 e. The van der Waals surface area contributed by atoms with E-state index in [2.05, 4.69) is 4.99 Å². The molecule has 1 heterocycles. The Bertz CT molecular complexity index is 411. The molecule has 0 aliphatic heterocycles. The van der Waals surface area contributed by atoms with Crippen LogP contribution in [0, 0.1) is 0 Å². The van der Waals surface area contributed by atoms with Gasteiger partial charge in [-0.2, -0.15) is 0 Å². The monoisotopic (exact) mass is 238 g/mol. The molecule has 17 heavy (non-hydrogen) atoms. The van der Waals surface area contributed by atoms with Gasteiger partial charge in [0, 0.05) is 28.2 Å². The van der Waals surface area contributed by atoms with E-state index in [0.717, 1.165) is 5.96 Å². The SMILES string of the molecule is CN(C)C(=NCc1cc(C(N)=O)co1)N(C)C. The summed E-state index contributed by atoms with van der Waals surface area (Å²) in [6.07, 6.45) is 1.35. The molecule has 0 spiro atoms. The van der Waals surface area contributed by atoms with Crippen molar-refractivity contribution in [2.75, 3.05) is 28.2 Å². The van der Waals surface area contributed by atoms with Crippen molar-refractivity contribution in [3.8, 4) is 0 Å². The number of hydrogen-bond donors (Lipinski definition) is 1. The molecule has 0 saturated carbocycles. The van der Waals surface area contributed by atoms with Crippen LogP contribution < -0.4 is 5.73 Å². The number of carbonyl (C=O) groups is 1. The summed E-state index contributed by atoms with van der Waals surface area (Å²) in [5.74, 6) is 0.937. The van der Waals surface area contributed by atoms with E-state index in [-0.39, 0.29) is 0 Å². The molecule has 94 valence electrons. The molecular weight excluding hydrogens is 220 g/mol. The molecule has 0 radical (unpaired) electrons. The normalized spacial score (nSPS) is 9.88. The Kier molecular flexibility index (Phi) is 4.14. The van der Waals surface area contributed by atoms with E-state index in [4.69, 9.17) is 10.2 Å². The van der Waals surface area contributed by atoms with Gasteiger partial charge in [-0.1, -0.05) is 0 Å². The number of furan rings is 1. The minimum Gasteiger partial charge on any atom is -0.467 e. The number of nitrogens with two attached hydrogens (primary N) is 1. The van der Waals surface area contributed by atoms with Crippen LogP contribution in [0.25, 0.3) is 0 Å². The smallest absolute Gasteiger partial charge is 0.251 e. The fourth-order valence-electron chi connectivity index (χ4n) is 1.42. The van der Waals surface area contributed by atoms with Gasteiger partial charge in [0.05, 0.1) is 5.56 Å². The van der Waals surface area contributed by atoms with Crippen molar-refractivity contribution in [3.63, 3.8) is 0 Å². The maximum absolute atomic E-state index is 10.9. The second-order valence-corrected chi connectivity index (χ2v) is 4.07. The lowest BCUT2D eigenvalue weighted by atomic mass is 10.3. The lowest BCUT2D eigenvalue weighted by molar-refractivity contribution is 0.0999. The van der Waals surface area contributed by atoms with Crippen LogP contribution in [-0.4, -0.2) is 49.9 Å². The number of primary amides is 1. The topological polar surface area (TPSA) is 75.1 Å². The van der Waals surface area contributed by atoms with Gasteiger partial charge >= 0.3 is 0 Å². The standard InChI is InChI=1S/C11H18N4O2/c1-14(2)11(15(3)4)13-6-9-5-8(7-17-9)10(12)16/h5,7H,6H2,1-4H3,(H2,12,16). The van der Waals surface area contributed by atoms with Gasteiger partial charge < -0.3 is 20.0 Å². The lowest BCUT2D eigenvalue weighted by Crippen LogP contribution is -2.35. The summed E-state index contributed by atoms with van der Waals surface area (Å²) in [4.78, 5) is 19.1. The molecule has 0 bridgehead atoms. The molecule has 0 atom stereocenters. The van der Waals surface area contributed by atoms with Gasteiger partial charge in [0.2, 0.25) is 0 Å². The molecule has 0 aliphatic rings. The van der Waals surface area contributed by atoms with Gasteiger partial charge in [-0.15, -0.1) is 0 Å². The van der Waals surface area contributed by atoms with Gasteiger partial charge in [0.25, 0.3) is 5.91 Å². The zero-order chi connectivity index (χ0) is 13.0. The summed E-state index contributed by atoms with van der Waals surface area (Å²) < 4.78 is 5.19. The number of hydrogen-bond acceptors (Lipinski definition) is 3. The van der Waals surface area contributed by atoms with E-state index in [0.29, 0.717) is 17.9 Å². The highest BCUT2D eigenvalue weighted by Gasteiger charge is 2.08. The average Bonchev–Trinajstić information content (AvgIpc) is 2.65. The number of guanidine groups is 1. The third-order valence-corrected chi connectivity index (χ3v) is 2.11. The number of carbonyl (C=O) groups excluding carboxylic acids is 1. The Hall–Kier alpha value is -1.98. The van der Waals surface area contributed by atoms with Crippen molar-refractivity contribution in [2.45, 2.75) is 6.54 Å². The van der Waals surface area contributed by atoms with E-state index >= 15 is 0 Å². The molecule has 1 rings (SSSR count). The second-order valence-electron chi connectivity index (χ2n) is 4.07. The molecule has 6 heteroatoms. The minimum absolute atomic E-state index is 0.367. The Morgan fingerprint density at radius 1 is 1.35 bits per heavy atom. The Balaban J connectivity index is 2.76. The third-order valence-electron chi connectivity index (χ3n) is 2.11. The zero-order valence-electron chi connectivity index (χ0n) is 10.6. The summed E-state index contributed by atoms with van der Waals surface area (Å²) in [5.41, 5.74) is 5.50. The van der Waals surface area contributed by atoms with Gasteiger partial charge in [0.15, 0.2) is 5.96 Å². The lowest BCUT2D eigenvalue weighted by Gasteiger charge is -2.22. The summed E-state index contributed by atoms with van der Waals surface area (Å²) in [5, 5.41) is 0. The molecular formula is C11H18N4O2. The number of amides is 1. The molecule has 2 N–H and O–H groups in total.